The second-order valence-corrected chi connectivity index (χ2v) is 3.78. The summed E-state index contributed by atoms with van der Waals surface area (Å²) in [5.41, 5.74) is 2.95. The van der Waals surface area contributed by atoms with Crippen molar-refractivity contribution in [3.05, 3.63) is 71.8 Å². The molecule has 0 N–H and O–H groups in total. The maximum atomic E-state index is 8.91. The zero-order valence-corrected chi connectivity index (χ0v) is 10.1. The number of allylic oxidation sites excluding steroid dienone is 1. The number of ether oxygens (including phenoxy) is 1. The van der Waals surface area contributed by atoms with Gasteiger partial charge in [-0.05, 0) is 28.8 Å². The van der Waals surface area contributed by atoms with Crippen molar-refractivity contribution < 1.29 is 4.74 Å². The van der Waals surface area contributed by atoms with E-state index in [0.29, 0.717) is 0 Å². The number of nitriles is 1. The van der Waals surface area contributed by atoms with Crippen LogP contribution in [0.4, 0.5) is 0 Å². The molecular formula is C16H13NO. The van der Waals surface area contributed by atoms with Crippen molar-refractivity contribution in [1.82, 2.24) is 0 Å². The van der Waals surface area contributed by atoms with Crippen molar-refractivity contribution in [2.24, 2.45) is 0 Å². The molecular weight excluding hydrogens is 222 g/mol. The molecule has 2 aromatic rings. The second kappa shape index (κ2) is 5.70. The van der Waals surface area contributed by atoms with Crippen LogP contribution in [-0.4, -0.2) is 7.11 Å². The summed E-state index contributed by atoms with van der Waals surface area (Å²) in [5, 5.41) is 8.91. The van der Waals surface area contributed by atoms with Gasteiger partial charge in [0.1, 0.15) is 5.75 Å². The fourth-order valence-corrected chi connectivity index (χ4v) is 1.79. The monoisotopic (exact) mass is 235 g/mol. The standard InChI is InChI=1S/C16H13NO/c1-18-15-9-7-14(8-10-15)16(11-12-17)13-5-3-2-4-6-13/h2-11H,1H3/b16-11-. The number of rotatable bonds is 3. The minimum Gasteiger partial charge on any atom is -0.497 e. The highest BCUT2D eigenvalue weighted by atomic mass is 16.5. The Morgan fingerprint density at radius 3 is 2.17 bits per heavy atom. The summed E-state index contributed by atoms with van der Waals surface area (Å²) in [6.45, 7) is 0. The molecule has 88 valence electrons. The van der Waals surface area contributed by atoms with Gasteiger partial charge in [-0.15, -0.1) is 0 Å². The molecule has 0 aliphatic carbocycles. The van der Waals surface area contributed by atoms with E-state index >= 15 is 0 Å². The Kier molecular flexibility index (Phi) is 3.78. The summed E-state index contributed by atoms with van der Waals surface area (Å²) in [6, 6.07) is 19.7. The van der Waals surface area contributed by atoms with Crippen molar-refractivity contribution in [2.75, 3.05) is 7.11 Å². The van der Waals surface area contributed by atoms with Crippen LogP contribution < -0.4 is 4.74 Å². The lowest BCUT2D eigenvalue weighted by atomic mass is 9.98. The molecule has 0 radical (unpaired) electrons. The molecule has 2 nitrogen and oxygen atoms in total. The van der Waals surface area contributed by atoms with Gasteiger partial charge in [0.2, 0.25) is 0 Å². The first-order chi connectivity index (χ1) is 8.85. The Labute approximate surface area is 107 Å². The summed E-state index contributed by atoms with van der Waals surface area (Å²) in [6.07, 6.45) is 1.57. The molecule has 0 fully saturated rings. The molecule has 0 unspecified atom stereocenters. The van der Waals surface area contributed by atoms with E-state index in [1.54, 1.807) is 13.2 Å². The van der Waals surface area contributed by atoms with Crippen molar-refractivity contribution >= 4 is 5.57 Å². The number of nitrogens with zero attached hydrogens (tertiary/aromatic N) is 1. The summed E-state index contributed by atoms with van der Waals surface area (Å²) >= 11 is 0. The van der Waals surface area contributed by atoms with Gasteiger partial charge in [0.05, 0.1) is 13.2 Å². The van der Waals surface area contributed by atoms with E-state index in [9.17, 15) is 0 Å². The molecule has 2 aromatic carbocycles. The largest absolute Gasteiger partial charge is 0.497 e. The maximum Gasteiger partial charge on any atom is 0.118 e. The Bertz CT molecular complexity index is 577. The van der Waals surface area contributed by atoms with Gasteiger partial charge in [0.25, 0.3) is 0 Å². The zero-order valence-electron chi connectivity index (χ0n) is 10.1. The Hall–Kier alpha value is -2.53. The third-order valence-electron chi connectivity index (χ3n) is 2.69. The van der Waals surface area contributed by atoms with Crippen LogP contribution in [0, 0.1) is 11.3 Å². The van der Waals surface area contributed by atoms with Crippen molar-refractivity contribution in [3.63, 3.8) is 0 Å². The normalized spacial score (nSPS) is 10.8. The second-order valence-electron chi connectivity index (χ2n) is 3.78. The van der Waals surface area contributed by atoms with E-state index in [2.05, 4.69) is 6.07 Å². The lowest BCUT2D eigenvalue weighted by Gasteiger charge is -2.07. The molecule has 0 amide bonds. The SMILES string of the molecule is COc1ccc(/C(=C\C#N)c2ccccc2)cc1. The van der Waals surface area contributed by atoms with Gasteiger partial charge in [0.15, 0.2) is 0 Å². The van der Waals surface area contributed by atoms with Gasteiger partial charge < -0.3 is 4.74 Å². The van der Waals surface area contributed by atoms with Crippen LogP contribution in [0.25, 0.3) is 5.57 Å². The van der Waals surface area contributed by atoms with E-state index in [0.717, 1.165) is 22.4 Å². The van der Waals surface area contributed by atoms with Crippen LogP contribution in [0.5, 0.6) is 5.75 Å². The third kappa shape index (κ3) is 2.58. The van der Waals surface area contributed by atoms with Crippen LogP contribution in [-0.2, 0) is 0 Å². The van der Waals surface area contributed by atoms with Crippen LogP contribution in [0.3, 0.4) is 0 Å². The summed E-state index contributed by atoms with van der Waals surface area (Å²) in [7, 11) is 1.64. The minimum atomic E-state index is 0.808. The first-order valence-corrected chi connectivity index (χ1v) is 5.65. The van der Waals surface area contributed by atoms with Gasteiger partial charge >= 0.3 is 0 Å². The molecule has 0 aromatic heterocycles. The number of benzene rings is 2. The predicted octanol–water partition coefficient (Wildman–Crippen LogP) is 3.65. The minimum absolute atomic E-state index is 0.808. The van der Waals surface area contributed by atoms with Crippen LogP contribution in [0.2, 0.25) is 0 Å². The van der Waals surface area contributed by atoms with Crippen molar-refractivity contribution in [2.45, 2.75) is 0 Å². The topological polar surface area (TPSA) is 33.0 Å². The highest BCUT2D eigenvalue weighted by molar-refractivity contribution is 5.81. The smallest absolute Gasteiger partial charge is 0.118 e. The Balaban J connectivity index is 2.43. The molecule has 2 rings (SSSR count). The Morgan fingerprint density at radius 1 is 1.00 bits per heavy atom. The maximum absolute atomic E-state index is 8.91. The molecule has 0 aliphatic heterocycles. The van der Waals surface area contributed by atoms with Crippen molar-refractivity contribution in [1.29, 1.82) is 5.26 Å². The van der Waals surface area contributed by atoms with Gasteiger partial charge in [-0.25, -0.2) is 0 Å². The summed E-state index contributed by atoms with van der Waals surface area (Å²) < 4.78 is 5.13. The first-order valence-electron chi connectivity index (χ1n) is 5.65. The molecule has 2 heteroatoms. The van der Waals surface area contributed by atoms with E-state index in [-0.39, 0.29) is 0 Å². The lowest BCUT2D eigenvalue weighted by molar-refractivity contribution is 0.415. The number of hydrogen-bond donors (Lipinski definition) is 0. The van der Waals surface area contributed by atoms with Crippen LogP contribution in [0.15, 0.2) is 60.7 Å². The fraction of sp³-hybridized carbons (Fsp3) is 0.0625. The van der Waals surface area contributed by atoms with E-state index < -0.39 is 0 Å². The van der Waals surface area contributed by atoms with E-state index in [4.69, 9.17) is 10.00 Å². The van der Waals surface area contributed by atoms with Crippen LogP contribution >= 0.6 is 0 Å². The molecule has 0 heterocycles. The molecule has 0 bridgehead atoms. The lowest BCUT2D eigenvalue weighted by Crippen LogP contribution is -1.88. The molecule has 0 spiro atoms. The van der Waals surface area contributed by atoms with Gasteiger partial charge in [-0.3, -0.25) is 0 Å². The van der Waals surface area contributed by atoms with Gasteiger partial charge in [-0.1, -0.05) is 42.5 Å². The Morgan fingerprint density at radius 2 is 1.61 bits per heavy atom. The van der Waals surface area contributed by atoms with E-state index in [1.807, 2.05) is 54.6 Å². The number of hydrogen-bond acceptors (Lipinski definition) is 2. The van der Waals surface area contributed by atoms with Crippen LogP contribution in [0.1, 0.15) is 11.1 Å². The summed E-state index contributed by atoms with van der Waals surface area (Å²) in [5.74, 6) is 0.808. The zero-order chi connectivity index (χ0) is 12.8. The van der Waals surface area contributed by atoms with E-state index in [1.165, 1.54) is 0 Å². The summed E-state index contributed by atoms with van der Waals surface area (Å²) in [4.78, 5) is 0. The van der Waals surface area contributed by atoms with Gasteiger partial charge in [0, 0.05) is 6.08 Å². The molecule has 0 aliphatic rings. The predicted molar refractivity (Wildman–Crippen MR) is 72.1 cm³/mol. The molecule has 0 atom stereocenters. The first kappa shape index (κ1) is 11.9. The highest BCUT2D eigenvalue weighted by Crippen LogP contribution is 2.24. The molecule has 0 saturated heterocycles. The van der Waals surface area contributed by atoms with Gasteiger partial charge in [-0.2, -0.15) is 5.26 Å². The number of methoxy groups -OCH3 is 1. The fourth-order valence-electron chi connectivity index (χ4n) is 1.79. The van der Waals surface area contributed by atoms with Crippen molar-refractivity contribution in [3.8, 4) is 11.8 Å². The quantitative estimate of drug-likeness (QED) is 0.761. The molecule has 0 saturated carbocycles. The average molecular weight is 235 g/mol. The molecule has 18 heavy (non-hydrogen) atoms. The highest BCUT2D eigenvalue weighted by Gasteiger charge is 2.04. The third-order valence-corrected chi connectivity index (χ3v) is 2.69. The average Bonchev–Trinajstić information content (AvgIpc) is 2.46.